The van der Waals surface area contributed by atoms with Gasteiger partial charge in [-0.1, -0.05) is 32.0 Å². The van der Waals surface area contributed by atoms with Crippen LogP contribution in [0, 0.1) is 16.7 Å². The molecule has 2 N–H and O–H groups in total. The fraction of sp³-hybridized carbons (Fsp3) is 0.629. The highest BCUT2D eigenvalue weighted by Crippen LogP contribution is 2.66. The van der Waals surface area contributed by atoms with Gasteiger partial charge in [-0.25, -0.2) is 14.4 Å². The number of ketones is 1. The minimum absolute atomic E-state index is 0.0742. The standard InChI is InChI=1S/C35H42O14/c1-16-21-23(44-17(2)36)25(38)33(8)19(45-29(40)48-31(3,4)5)14-20-34(42,15-43-20)24(33)27(46-28(39)18-12-10-9-11-13-18)35(32(21,6)7)26(22(16)37)47-30(41)49-35/h9-13,19-20,22-24,26-27,37,42H,14-15H2,1-8H3/t19-,20+,22?,23+,24?,26-,27-,33+,34-,35+/m0/s1. The number of aliphatic hydroxyl groups is 2. The summed E-state index contributed by atoms with van der Waals surface area (Å²) in [5.74, 6) is -4.13. The van der Waals surface area contributed by atoms with Crippen LogP contribution in [-0.2, 0) is 42.7 Å². The molecule has 1 aromatic carbocycles. The van der Waals surface area contributed by atoms with Gasteiger partial charge in [-0.05, 0) is 57.9 Å². The van der Waals surface area contributed by atoms with E-state index in [1.54, 1.807) is 52.8 Å². The quantitative estimate of drug-likeness (QED) is 0.267. The second-order valence-corrected chi connectivity index (χ2v) is 15.3. The molecule has 2 heterocycles. The van der Waals surface area contributed by atoms with Gasteiger partial charge in [-0.2, -0.15) is 0 Å². The Hall–Kier alpha value is -4.01. The lowest BCUT2D eigenvalue weighted by atomic mass is 9.44. The monoisotopic (exact) mass is 686 g/mol. The molecule has 2 bridgehead atoms. The number of rotatable bonds is 4. The zero-order valence-corrected chi connectivity index (χ0v) is 28.6. The van der Waals surface area contributed by atoms with Gasteiger partial charge in [0.15, 0.2) is 24.1 Å². The van der Waals surface area contributed by atoms with E-state index in [0.717, 1.165) is 6.92 Å². The number of Topliss-reactive ketones (excluding diaryl/α,β-unsaturated/α-hetero) is 1. The van der Waals surface area contributed by atoms with E-state index in [1.807, 2.05) is 0 Å². The van der Waals surface area contributed by atoms with Crippen molar-refractivity contribution in [3.63, 3.8) is 0 Å². The number of fused-ring (bicyclic) bond motifs is 4. The highest BCUT2D eigenvalue weighted by Gasteiger charge is 2.82. The van der Waals surface area contributed by atoms with E-state index in [1.165, 1.54) is 26.0 Å². The molecule has 6 rings (SSSR count). The third kappa shape index (κ3) is 4.96. The number of carbonyl (C=O) groups is 5. The van der Waals surface area contributed by atoms with E-state index in [4.69, 9.17) is 33.2 Å². The number of hydrogen-bond donors (Lipinski definition) is 2. The van der Waals surface area contributed by atoms with Gasteiger partial charge in [0.05, 0.1) is 23.7 Å². The van der Waals surface area contributed by atoms with Crippen LogP contribution in [-0.4, -0.2) is 100 Å². The zero-order valence-electron chi connectivity index (χ0n) is 28.6. The normalized spacial score (nSPS) is 38.9. The van der Waals surface area contributed by atoms with E-state index in [9.17, 15) is 29.4 Å². The van der Waals surface area contributed by atoms with Crippen molar-refractivity contribution in [3.8, 4) is 0 Å². The molecule has 2 aliphatic heterocycles. The van der Waals surface area contributed by atoms with Crippen LogP contribution in [0.1, 0.15) is 72.2 Å². The van der Waals surface area contributed by atoms with Gasteiger partial charge in [0.1, 0.15) is 23.4 Å². The predicted octanol–water partition coefficient (Wildman–Crippen LogP) is 3.19. The van der Waals surface area contributed by atoms with Gasteiger partial charge in [-0.3, -0.25) is 9.59 Å². The van der Waals surface area contributed by atoms with Crippen molar-refractivity contribution in [2.75, 3.05) is 6.61 Å². The molecule has 0 radical (unpaired) electrons. The smallest absolute Gasteiger partial charge is 0.454 e. The Morgan fingerprint density at radius 2 is 1.65 bits per heavy atom. The summed E-state index contributed by atoms with van der Waals surface area (Å²) >= 11 is 0. The molecule has 10 atom stereocenters. The number of aliphatic hydroxyl groups excluding tert-OH is 1. The molecule has 2 unspecified atom stereocenters. The predicted molar refractivity (Wildman–Crippen MR) is 165 cm³/mol. The molecule has 5 aliphatic rings. The summed E-state index contributed by atoms with van der Waals surface area (Å²) in [6.45, 7) is 11.8. The first kappa shape index (κ1) is 34.8. The summed E-state index contributed by atoms with van der Waals surface area (Å²) in [6, 6.07) is 7.90. The van der Waals surface area contributed by atoms with E-state index in [2.05, 4.69) is 0 Å². The van der Waals surface area contributed by atoms with Crippen LogP contribution < -0.4 is 0 Å². The van der Waals surface area contributed by atoms with Gasteiger partial charge >= 0.3 is 24.2 Å². The fourth-order valence-electron chi connectivity index (χ4n) is 8.79. The number of benzene rings is 1. The minimum atomic E-state index is -2.14. The molecule has 266 valence electrons. The molecule has 0 amide bonds. The van der Waals surface area contributed by atoms with Gasteiger partial charge < -0.3 is 43.4 Å². The highest BCUT2D eigenvalue weighted by atomic mass is 16.8. The Bertz CT molecular complexity index is 1630. The van der Waals surface area contributed by atoms with Gasteiger partial charge in [0, 0.05) is 24.7 Å². The Kier molecular flexibility index (Phi) is 8.00. The van der Waals surface area contributed by atoms with Crippen LogP contribution in [0.5, 0.6) is 0 Å². The summed E-state index contributed by atoms with van der Waals surface area (Å²) in [6.07, 6.45) is -11.6. The Morgan fingerprint density at radius 1 is 1.00 bits per heavy atom. The van der Waals surface area contributed by atoms with Crippen molar-refractivity contribution < 1.29 is 67.3 Å². The van der Waals surface area contributed by atoms with Crippen molar-refractivity contribution in [2.24, 2.45) is 16.7 Å². The van der Waals surface area contributed by atoms with Gasteiger partial charge in [0.25, 0.3) is 0 Å². The van der Waals surface area contributed by atoms with Crippen molar-refractivity contribution in [1.29, 1.82) is 0 Å². The number of ether oxygens (including phenoxy) is 7. The summed E-state index contributed by atoms with van der Waals surface area (Å²) in [7, 11) is 0. The summed E-state index contributed by atoms with van der Waals surface area (Å²) in [5, 5.41) is 24.3. The van der Waals surface area contributed by atoms with E-state index in [-0.39, 0.29) is 29.7 Å². The number of esters is 2. The van der Waals surface area contributed by atoms with Crippen molar-refractivity contribution >= 4 is 30.0 Å². The maximum atomic E-state index is 15.3. The average molecular weight is 687 g/mol. The van der Waals surface area contributed by atoms with E-state index >= 15 is 4.79 Å². The summed E-state index contributed by atoms with van der Waals surface area (Å²) < 4.78 is 41.0. The third-order valence-corrected chi connectivity index (χ3v) is 11.0. The lowest BCUT2D eigenvalue weighted by molar-refractivity contribution is -0.343. The largest absolute Gasteiger partial charge is 0.509 e. The molecule has 3 aliphatic carbocycles. The van der Waals surface area contributed by atoms with Gasteiger partial charge in [-0.15, -0.1) is 0 Å². The maximum Gasteiger partial charge on any atom is 0.509 e. The highest BCUT2D eigenvalue weighted by molar-refractivity contribution is 5.96. The second-order valence-electron chi connectivity index (χ2n) is 15.3. The van der Waals surface area contributed by atoms with Gasteiger partial charge in [0.2, 0.25) is 5.60 Å². The molecular formula is C35H42O14. The number of hydrogen-bond acceptors (Lipinski definition) is 14. The lowest BCUT2D eigenvalue weighted by Crippen LogP contribution is -2.82. The maximum absolute atomic E-state index is 15.3. The van der Waals surface area contributed by atoms with Crippen LogP contribution >= 0.6 is 0 Å². The molecule has 1 aromatic rings. The first-order valence-electron chi connectivity index (χ1n) is 16.2. The van der Waals surface area contributed by atoms with Crippen molar-refractivity contribution in [3.05, 3.63) is 47.0 Å². The van der Waals surface area contributed by atoms with E-state index in [0.29, 0.717) is 0 Å². The Morgan fingerprint density at radius 3 is 2.22 bits per heavy atom. The molecule has 4 fully saturated rings. The molecule has 2 saturated heterocycles. The Labute approximate surface area is 282 Å². The third-order valence-electron chi connectivity index (χ3n) is 11.0. The first-order valence-corrected chi connectivity index (χ1v) is 16.2. The average Bonchev–Trinajstić information content (AvgIpc) is 3.37. The summed E-state index contributed by atoms with van der Waals surface area (Å²) in [4.78, 5) is 68.6. The van der Waals surface area contributed by atoms with Crippen LogP contribution in [0.3, 0.4) is 0 Å². The molecule has 2 saturated carbocycles. The van der Waals surface area contributed by atoms with Crippen LogP contribution in [0.4, 0.5) is 9.59 Å². The van der Waals surface area contributed by atoms with E-state index < -0.39 is 100 Å². The Balaban J connectivity index is 1.67. The molecule has 49 heavy (non-hydrogen) atoms. The molecular weight excluding hydrogens is 644 g/mol. The molecule has 0 aromatic heterocycles. The van der Waals surface area contributed by atoms with Crippen molar-refractivity contribution in [1.82, 2.24) is 0 Å². The summed E-state index contributed by atoms with van der Waals surface area (Å²) in [5.41, 5.74) is -8.36. The van der Waals surface area contributed by atoms with Crippen LogP contribution in [0.15, 0.2) is 41.5 Å². The minimum Gasteiger partial charge on any atom is -0.454 e. The van der Waals surface area contributed by atoms with Crippen molar-refractivity contribution in [2.45, 2.75) is 115 Å². The van der Waals surface area contributed by atoms with Crippen LogP contribution in [0.2, 0.25) is 0 Å². The second kappa shape index (κ2) is 11.3. The molecule has 14 nitrogen and oxygen atoms in total. The fourth-order valence-corrected chi connectivity index (χ4v) is 8.79. The molecule has 14 heteroatoms. The lowest BCUT2D eigenvalue weighted by Gasteiger charge is -2.66. The first-order chi connectivity index (χ1) is 22.7. The van der Waals surface area contributed by atoms with Crippen LogP contribution in [0.25, 0.3) is 0 Å². The topological polar surface area (TPSA) is 190 Å². The zero-order chi connectivity index (χ0) is 36.1. The number of carbonyl (C=O) groups excluding carboxylic acids is 5. The SMILES string of the molecule is CC(=O)O[C@H]1C(=O)[C@@]2(C)C([C@H](OC(=O)c3ccccc3)[C@]34OC(=O)O[C@H]3C(O)C(C)=C1C4(C)C)[C@]1(O)CO[C@@H]1C[C@@H]2OC(=O)OC(C)(C)C. The molecule has 1 spiro atoms.